The Morgan fingerprint density at radius 2 is 2.00 bits per heavy atom. The second-order valence-corrected chi connectivity index (χ2v) is 5.41. The van der Waals surface area contributed by atoms with E-state index >= 15 is 0 Å². The van der Waals surface area contributed by atoms with Crippen molar-refractivity contribution in [1.82, 2.24) is 4.90 Å². The minimum Gasteiger partial charge on any atom is -0.387 e. The summed E-state index contributed by atoms with van der Waals surface area (Å²) in [7, 11) is 0. The maximum absolute atomic E-state index is 6.12. The van der Waals surface area contributed by atoms with Gasteiger partial charge in [-0.2, -0.15) is 0 Å². The number of rotatable bonds is 3. The van der Waals surface area contributed by atoms with E-state index in [-0.39, 0.29) is 6.17 Å². The number of hydrogen-bond donors (Lipinski definition) is 2. The lowest BCUT2D eigenvalue weighted by Gasteiger charge is -2.33. The number of amidine groups is 1. The van der Waals surface area contributed by atoms with Crippen LogP contribution < -0.4 is 11.5 Å². The maximum atomic E-state index is 6.12. The first-order valence-corrected chi connectivity index (χ1v) is 7.07. The summed E-state index contributed by atoms with van der Waals surface area (Å²) < 4.78 is 0. The van der Waals surface area contributed by atoms with E-state index in [9.17, 15) is 0 Å². The first kappa shape index (κ1) is 12.8. The van der Waals surface area contributed by atoms with Crippen molar-refractivity contribution in [3.63, 3.8) is 0 Å². The van der Waals surface area contributed by atoms with E-state index in [1.807, 2.05) is 0 Å². The molecule has 2 heterocycles. The summed E-state index contributed by atoms with van der Waals surface area (Å²) in [5.41, 5.74) is 12.0. The molecule has 2 atom stereocenters. The highest BCUT2D eigenvalue weighted by Crippen LogP contribution is 2.18. The van der Waals surface area contributed by atoms with E-state index in [0.29, 0.717) is 6.04 Å². The highest BCUT2D eigenvalue weighted by Gasteiger charge is 2.20. The Balaban J connectivity index is 1.78. The molecule has 0 bridgehead atoms. The second-order valence-electron chi connectivity index (χ2n) is 5.41. The van der Waals surface area contributed by atoms with Crippen LogP contribution in [0.1, 0.15) is 51.4 Å². The lowest BCUT2D eigenvalue weighted by Crippen LogP contribution is -2.46. The average molecular weight is 238 g/mol. The standard InChI is InChI=1S/C13H26N4/c14-12-6-2-1-5-11(16-12)8-10-17-9-4-3-7-13(17)15/h11,13H,1-10,15H2,(H2,14,16). The first-order chi connectivity index (χ1) is 8.25. The van der Waals surface area contributed by atoms with Crippen molar-refractivity contribution in [2.24, 2.45) is 16.5 Å². The second kappa shape index (κ2) is 6.36. The Kier molecular flexibility index (Phi) is 4.80. The first-order valence-electron chi connectivity index (χ1n) is 7.07. The van der Waals surface area contributed by atoms with Gasteiger partial charge in [-0.05, 0) is 45.1 Å². The van der Waals surface area contributed by atoms with Crippen molar-refractivity contribution >= 4 is 5.84 Å². The molecule has 4 nitrogen and oxygen atoms in total. The molecule has 4 heteroatoms. The van der Waals surface area contributed by atoms with Gasteiger partial charge in [-0.15, -0.1) is 0 Å². The van der Waals surface area contributed by atoms with Crippen LogP contribution in [-0.2, 0) is 0 Å². The smallest absolute Gasteiger partial charge is 0.0940 e. The molecule has 0 aromatic rings. The minimum atomic E-state index is 0.274. The molecule has 2 aliphatic heterocycles. The highest BCUT2D eigenvalue weighted by atomic mass is 15.2. The van der Waals surface area contributed by atoms with Crippen LogP contribution in [-0.4, -0.2) is 36.0 Å². The van der Waals surface area contributed by atoms with Crippen molar-refractivity contribution in [2.45, 2.75) is 63.6 Å². The molecule has 0 radical (unpaired) electrons. The molecule has 1 saturated heterocycles. The number of piperidine rings is 1. The van der Waals surface area contributed by atoms with Crippen LogP contribution in [0.3, 0.4) is 0 Å². The van der Waals surface area contributed by atoms with Gasteiger partial charge in [0.25, 0.3) is 0 Å². The van der Waals surface area contributed by atoms with Crippen LogP contribution in [0.25, 0.3) is 0 Å². The van der Waals surface area contributed by atoms with E-state index in [4.69, 9.17) is 11.5 Å². The van der Waals surface area contributed by atoms with Gasteiger partial charge < -0.3 is 11.5 Å². The molecule has 0 aliphatic carbocycles. The lowest BCUT2D eigenvalue weighted by atomic mass is 10.0. The number of aliphatic imine (C=N–C) groups is 1. The molecular formula is C13H26N4. The van der Waals surface area contributed by atoms with Crippen LogP contribution in [0, 0.1) is 0 Å². The summed E-state index contributed by atoms with van der Waals surface area (Å²) in [5, 5.41) is 0. The van der Waals surface area contributed by atoms with Gasteiger partial charge in [0.2, 0.25) is 0 Å². The number of likely N-dealkylation sites (tertiary alicyclic amines) is 1. The SMILES string of the molecule is NC1=NC(CCN2CCCCC2N)CCCC1. The summed E-state index contributed by atoms with van der Waals surface area (Å²) >= 11 is 0. The van der Waals surface area contributed by atoms with Gasteiger partial charge in [-0.25, -0.2) is 0 Å². The fourth-order valence-corrected chi connectivity index (χ4v) is 2.87. The Bertz CT molecular complexity index is 264. The zero-order valence-electron chi connectivity index (χ0n) is 10.8. The van der Waals surface area contributed by atoms with E-state index in [2.05, 4.69) is 9.89 Å². The van der Waals surface area contributed by atoms with Gasteiger partial charge in [0.15, 0.2) is 0 Å². The normalized spacial score (nSPS) is 31.9. The molecular weight excluding hydrogens is 212 g/mol. The summed E-state index contributed by atoms with van der Waals surface area (Å²) in [4.78, 5) is 7.03. The molecule has 0 amide bonds. The zero-order valence-corrected chi connectivity index (χ0v) is 10.8. The summed E-state index contributed by atoms with van der Waals surface area (Å²) in [6, 6.07) is 0.437. The molecule has 2 unspecified atom stereocenters. The quantitative estimate of drug-likeness (QED) is 0.782. The molecule has 98 valence electrons. The zero-order chi connectivity index (χ0) is 12.1. The largest absolute Gasteiger partial charge is 0.387 e. The monoisotopic (exact) mass is 238 g/mol. The van der Waals surface area contributed by atoms with Crippen molar-refractivity contribution in [3.8, 4) is 0 Å². The van der Waals surface area contributed by atoms with Gasteiger partial charge in [-0.3, -0.25) is 9.89 Å². The average Bonchev–Trinajstić information content (AvgIpc) is 2.53. The molecule has 0 aromatic carbocycles. The summed E-state index contributed by atoms with van der Waals surface area (Å²) in [5.74, 6) is 0.857. The molecule has 4 N–H and O–H groups in total. The third-order valence-electron chi connectivity index (χ3n) is 3.98. The van der Waals surface area contributed by atoms with Crippen LogP contribution in [0.5, 0.6) is 0 Å². The van der Waals surface area contributed by atoms with Crippen LogP contribution in [0.4, 0.5) is 0 Å². The predicted molar refractivity (Wildman–Crippen MR) is 71.9 cm³/mol. The number of hydrogen-bond acceptors (Lipinski definition) is 4. The minimum absolute atomic E-state index is 0.274. The van der Waals surface area contributed by atoms with E-state index < -0.39 is 0 Å². The topological polar surface area (TPSA) is 67.6 Å². The fraction of sp³-hybridized carbons (Fsp3) is 0.923. The Labute approximate surface area is 104 Å². The molecule has 0 spiro atoms. The van der Waals surface area contributed by atoms with Crippen LogP contribution >= 0.6 is 0 Å². The predicted octanol–water partition coefficient (Wildman–Crippen LogP) is 1.45. The van der Waals surface area contributed by atoms with Gasteiger partial charge in [0.05, 0.1) is 18.0 Å². The number of nitrogens with zero attached hydrogens (tertiary/aromatic N) is 2. The third-order valence-corrected chi connectivity index (χ3v) is 3.98. The molecule has 17 heavy (non-hydrogen) atoms. The van der Waals surface area contributed by atoms with Gasteiger partial charge >= 0.3 is 0 Å². The molecule has 2 rings (SSSR count). The Morgan fingerprint density at radius 3 is 2.82 bits per heavy atom. The molecule has 2 aliphatic rings. The van der Waals surface area contributed by atoms with Crippen LogP contribution in [0.15, 0.2) is 4.99 Å². The Morgan fingerprint density at radius 1 is 1.18 bits per heavy atom. The van der Waals surface area contributed by atoms with E-state index in [1.165, 1.54) is 32.1 Å². The highest BCUT2D eigenvalue weighted by molar-refractivity contribution is 5.80. The molecule has 0 saturated carbocycles. The van der Waals surface area contributed by atoms with E-state index in [0.717, 1.165) is 38.2 Å². The van der Waals surface area contributed by atoms with Crippen molar-refractivity contribution < 1.29 is 0 Å². The van der Waals surface area contributed by atoms with Crippen LogP contribution in [0.2, 0.25) is 0 Å². The lowest BCUT2D eigenvalue weighted by molar-refractivity contribution is 0.147. The van der Waals surface area contributed by atoms with Gasteiger partial charge in [0.1, 0.15) is 0 Å². The Hall–Kier alpha value is -0.610. The van der Waals surface area contributed by atoms with Gasteiger partial charge in [-0.1, -0.05) is 6.42 Å². The van der Waals surface area contributed by atoms with E-state index in [1.54, 1.807) is 0 Å². The van der Waals surface area contributed by atoms with Gasteiger partial charge in [0, 0.05) is 13.0 Å². The number of nitrogens with two attached hydrogens (primary N) is 2. The molecule has 1 fully saturated rings. The van der Waals surface area contributed by atoms with Crippen molar-refractivity contribution in [1.29, 1.82) is 0 Å². The molecule has 0 aromatic heterocycles. The van der Waals surface area contributed by atoms with Crippen molar-refractivity contribution in [2.75, 3.05) is 13.1 Å². The summed E-state index contributed by atoms with van der Waals surface area (Å²) in [6.07, 6.45) is 9.77. The summed E-state index contributed by atoms with van der Waals surface area (Å²) in [6.45, 7) is 2.25. The van der Waals surface area contributed by atoms with Crippen molar-refractivity contribution in [3.05, 3.63) is 0 Å². The maximum Gasteiger partial charge on any atom is 0.0940 e. The fourth-order valence-electron chi connectivity index (χ4n) is 2.87. The third kappa shape index (κ3) is 3.96.